The van der Waals surface area contributed by atoms with E-state index in [0.29, 0.717) is 31.2 Å². The van der Waals surface area contributed by atoms with E-state index in [0.717, 1.165) is 11.5 Å². The van der Waals surface area contributed by atoms with Gasteiger partial charge in [0.2, 0.25) is 0 Å². The molecule has 3 aromatic rings. The number of benzene rings is 1. The maximum atomic E-state index is 13.2. The van der Waals surface area contributed by atoms with Crippen LogP contribution in [0.5, 0.6) is 5.75 Å². The number of hydrogen-bond donors (Lipinski definition) is 2. The molecular weight excluding hydrogens is 474 g/mol. The van der Waals surface area contributed by atoms with Crippen LogP contribution in [0.15, 0.2) is 53.7 Å². The Hall–Kier alpha value is -2.43. The van der Waals surface area contributed by atoms with Crippen LogP contribution in [0.25, 0.3) is 5.65 Å². The third-order valence-electron chi connectivity index (χ3n) is 3.94. The van der Waals surface area contributed by atoms with Crippen LogP contribution in [0.1, 0.15) is 12.7 Å². The van der Waals surface area contributed by atoms with Gasteiger partial charge in [-0.3, -0.25) is 9.39 Å². The summed E-state index contributed by atoms with van der Waals surface area (Å²) in [7, 11) is 1.71. The lowest BCUT2D eigenvalue weighted by atomic mass is 10.3. The summed E-state index contributed by atoms with van der Waals surface area (Å²) in [4.78, 5) is 4.20. The van der Waals surface area contributed by atoms with Gasteiger partial charge in [-0.25, -0.2) is 4.39 Å². The average molecular weight is 498 g/mol. The molecule has 0 radical (unpaired) electrons. The predicted molar refractivity (Wildman–Crippen MR) is 118 cm³/mol. The van der Waals surface area contributed by atoms with Crippen molar-refractivity contribution in [2.24, 2.45) is 4.99 Å². The molecule has 28 heavy (non-hydrogen) atoms. The van der Waals surface area contributed by atoms with Crippen molar-refractivity contribution in [2.45, 2.75) is 19.4 Å². The first-order chi connectivity index (χ1) is 13.2. The summed E-state index contributed by atoms with van der Waals surface area (Å²) in [5.41, 5.74) is 0.832. The second-order valence-electron chi connectivity index (χ2n) is 6.06. The van der Waals surface area contributed by atoms with Gasteiger partial charge in [0.15, 0.2) is 11.6 Å². The monoisotopic (exact) mass is 498 g/mol. The van der Waals surface area contributed by atoms with E-state index in [4.69, 9.17) is 4.74 Å². The third-order valence-corrected chi connectivity index (χ3v) is 3.94. The minimum absolute atomic E-state index is 0. The molecule has 3 rings (SSSR count). The highest BCUT2D eigenvalue weighted by atomic mass is 127. The molecule has 0 spiro atoms. The molecule has 0 saturated carbocycles. The van der Waals surface area contributed by atoms with Gasteiger partial charge < -0.3 is 15.4 Å². The normalized spacial score (nSPS) is 12.3. The van der Waals surface area contributed by atoms with Crippen molar-refractivity contribution in [2.75, 3.05) is 20.1 Å². The van der Waals surface area contributed by atoms with Gasteiger partial charge in [-0.05, 0) is 31.2 Å². The van der Waals surface area contributed by atoms with Crippen LogP contribution in [0.4, 0.5) is 4.39 Å². The highest BCUT2D eigenvalue weighted by Gasteiger charge is 2.08. The van der Waals surface area contributed by atoms with E-state index < -0.39 is 0 Å². The first-order valence-electron chi connectivity index (χ1n) is 8.81. The van der Waals surface area contributed by atoms with Crippen LogP contribution in [0.2, 0.25) is 0 Å². The summed E-state index contributed by atoms with van der Waals surface area (Å²) < 4.78 is 20.9. The summed E-state index contributed by atoms with van der Waals surface area (Å²) >= 11 is 0. The SMILES string of the molecule is CN=C(NCCc1nnc2ccccn12)NCC(C)Oc1cccc(F)c1.I. The molecular formula is C19H24FIN6O. The van der Waals surface area contributed by atoms with Crippen molar-refractivity contribution in [3.05, 3.63) is 60.3 Å². The molecule has 0 bridgehead atoms. The molecule has 1 atom stereocenters. The van der Waals surface area contributed by atoms with Crippen molar-refractivity contribution in [1.82, 2.24) is 25.2 Å². The molecule has 1 aromatic carbocycles. The lowest BCUT2D eigenvalue weighted by molar-refractivity contribution is 0.223. The first kappa shape index (κ1) is 21.9. The summed E-state index contributed by atoms with van der Waals surface area (Å²) in [5, 5.41) is 14.8. The first-order valence-corrected chi connectivity index (χ1v) is 8.81. The molecule has 0 fully saturated rings. The molecule has 9 heteroatoms. The molecule has 7 nitrogen and oxygen atoms in total. The Morgan fingerprint density at radius 3 is 2.86 bits per heavy atom. The van der Waals surface area contributed by atoms with E-state index in [-0.39, 0.29) is 35.9 Å². The third kappa shape index (κ3) is 6.04. The number of hydrogen-bond acceptors (Lipinski definition) is 4. The van der Waals surface area contributed by atoms with E-state index in [9.17, 15) is 4.39 Å². The second kappa shape index (κ2) is 10.8. The van der Waals surface area contributed by atoms with Crippen molar-refractivity contribution in [1.29, 1.82) is 0 Å². The van der Waals surface area contributed by atoms with Gasteiger partial charge in [0.1, 0.15) is 23.5 Å². The van der Waals surface area contributed by atoms with Crippen LogP contribution in [0.3, 0.4) is 0 Å². The van der Waals surface area contributed by atoms with Gasteiger partial charge >= 0.3 is 0 Å². The Morgan fingerprint density at radius 1 is 1.21 bits per heavy atom. The topological polar surface area (TPSA) is 75.8 Å². The lowest BCUT2D eigenvalue weighted by Crippen LogP contribution is -2.42. The number of aliphatic imine (C=N–C) groups is 1. The molecule has 0 aliphatic rings. The Morgan fingerprint density at radius 2 is 2.07 bits per heavy atom. The second-order valence-corrected chi connectivity index (χ2v) is 6.06. The maximum absolute atomic E-state index is 13.2. The Labute approximate surface area is 180 Å². The van der Waals surface area contributed by atoms with E-state index in [1.54, 1.807) is 19.2 Å². The van der Waals surface area contributed by atoms with E-state index in [1.165, 1.54) is 12.1 Å². The number of guanidine groups is 1. The number of ether oxygens (including phenoxy) is 1. The predicted octanol–water partition coefficient (Wildman–Crippen LogP) is 2.66. The number of aromatic nitrogens is 3. The Balaban J connectivity index is 0.00000280. The van der Waals surface area contributed by atoms with Crippen LogP contribution < -0.4 is 15.4 Å². The molecule has 2 aromatic heterocycles. The highest BCUT2D eigenvalue weighted by Crippen LogP contribution is 2.13. The molecule has 150 valence electrons. The average Bonchev–Trinajstić information content (AvgIpc) is 3.08. The zero-order chi connectivity index (χ0) is 19.1. The fourth-order valence-corrected chi connectivity index (χ4v) is 2.63. The van der Waals surface area contributed by atoms with Crippen molar-refractivity contribution in [3.8, 4) is 5.75 Å². The standard InChI is InChI=1S/C19H23FN6O.HI/c1-14(27-16-7-5-6-15(20)12-16)13-23-19(21-2)22-10-9-18-25-24-17-8-3-4-11-26(17)18;/h3-8,11-12,14H,9-10,13H2,1-2H3,(H2,21,22,23);1H. The van der Waals surface area contributed by atoms with E-state index in [2.05, 4.69) is 25.8 Å². The van der Waals surface area contributed by atoms with Crippen molar-refractivity contribution >= 4 is 35.6 Å². The van der Waals surface area contributed by atoms with E-state index >= 15 is 0 Å². The highest BCUT2D eigenvalue weighted by molar-refractivity contribution is 14.0. The zero-order valence-electron chi connectivity index (χ0n) is 15.8. The fourth-order valence-electron chi connectivity index (χ4n) is 2.63. The molecule has 2 N–H and O–H groups in total. The largest absolute Gasteiger partial charge is 0.489 e. The number of pyridine rings is 1. The van der Waals surface area contributed by atoms with Crippen LogP contribution in [-0.2, 0) is 6.42 Å². The Bertz CT molecular complexity index is 916. The van der Waals surface area contributed by atoms with Gasteiger partial charge in [-0.2, -0.15) is 0 Å². The van der Waals surface area contributed by atoms with Gasteiger partial charge in [-0.1, -0.05) is 12.1 Å². The summed E-state index contributed by atoms with van der Waals surface area (Å²) in [5.74, 6) is 1.74. The minimum Gasteiger partial charge on any atom is -0.489 e. The fraction of sp³-hybridized carbons (Fsp3) is 0.316. The van der Waals surface area contributed by atoms with E-state index in [1.807, 2.05) is 35.7 Å². The molecule has 0 aliphatic carbocycles. The molecule has 0 aliphatic heterocycles. The number of fused-ring (bicyclic) bond motifs is 1. The molecule has 0 saturated heterocycles. The van der Waals surface area contributed by atoms with Crippen molar-refractivity contribution < 1.29 is 9.13 Å². The number of halogens is 2. The molecule has 0 amide bonds. The maximum Gasteiger partial charge on any atom is 0.191 e. The minimum atomic E-state index is -0.314. The Kier molecular flexibility index (Phi) is 8.42. The van der Waals surface area contributed by atoms with Crippen molar-refractivity contribution in [3.63, 3.8) is 0 Å². The number of nitrogens with one attached hydrogen (secondary N) is 2. The number of nitrogens with zero attached hydrogens (tertiary/aromatic N) is 4. The van der Waals surface area contributed by atoms with Gasteiger partial charge in [0.05, 0.1) is 6.54 Å². The number of rotatable bonds is 7. The van der Waals surface area contributed by atoms with Gasteiger partial charge in [-0.15, -0.1) is 34.2 Å². The lowest BCUT2D eigenvalue weighted by Gasteiger charge is -2.17. The summed E-state index contributed by atoms with van der Waals surface area (Å²) in [6.07, 6.45) is 2.51. The molecule has 2 heterocycles. The van der Waals surface area contributed by atoms with Crippen LogP contribution >= 0.6 is 24.0 Å². The zero-order valence-corrected chi connectivity index (χ0v) is 18.1. The summed E-state index contributed by atoms with van der Waals surface area (Å²) in [6, 6.07) is 11.9. The van der Waals surface area contributed by atoms with Gasteiger partial charge in [0, 0.05) is 32.3 Å². The smallest absolute Gasteiger partial charge is 0.191 e. The van der Waals surface area contributed by atoms with Gasteiger partial charge in [0.25, 0.3) is 0 Å². The van der Waals surface area contributed by atoms with Crippen LogP contribution in [-0.4, -0.2) is 46.8 Å². The summed E-state index contributed by atoms with van der Waals surface area (Å²) in [6.45, 7) is 3.10. The quantitative estimate of drug-likeness (QED) is 0.298. The van der Waals surface area contributed by atoms with Crippen LogP contribution in [0, 0.1) is 5.82 Å². The molecule has 1 unspecified atom stereocenters.